The smallest absolute Gasteiger partial charge is 0.326 e. The predicted octanol–water partition coefficient (Wildman–Crippen LogP) is 3.68. The fraction of sp³-hybridized carbons (Fsp3) is 0.562. The van der Waals surface area contributed by atoms with Crippen LogP contribution in [-0.4, -0.2) is 25.2 Å². The maximum atomic E-state index is 12.2. The van der Waals surface area contributed by atoms with Gasteiger partial charge in [-0.3, -0.25) is 4.79 Å². The van der Waals surface area contributed by atoms with Crippen molar-refractivity contribution in [3.05, 3.63) is 29.8 Å². The van der Waals surface area contributed by atoms with E-state index in [1.54, 1.807) is 12.1 Å². The molecule has 0 spiro atoms. The van der Waals surface area contributed by atoms with Crippen LogP contribution < -0.4 is 10.6 Å². The minimum Gasteiger partial charge on any atom is -0.326 e. The average Bonchev–Trinajstić information content (AvgIpc) is 2.90. The van der Waals surface area contributed by atoms with Crippen molar-refractivity contribution in [2.24, 2.45) is 5.92 Å². The van der Waals surface area contributed by atoms with E-state index in [1.807, 2.05) is 12.1 Å². The number of alkyl halides is 3. The molecule has 0 radical (unpaired) electrons. The first-order valence-electron chi connectivity index (χ1n) is 7.51. The summed E-state index contributed by atoms with van der Waals surface area (Å²) >= 11 is 0. The monoisotopic (exact) mass is 314 g/mol. The second kappa shape index (κ2) is 7.13. The standard InChI is InChI=1S/C16H21F3N2O/c1-11(9-16(17,18)19)8-15(22)21-14-4-2-12(3-5-14)13-6-7-20-10-13/h2-5,11,13,20H,6-10H2,1H3,(H,21,22). The van der Waals surface area contributed by atoms with Gasteiger partial charge in [-0.15, -0.1) is 0 Å². The summed E-state index contributed by atoms with van der Waals surface area (Å²) in [5, 5.41) is 5.95. The predicted molar refractivity (Wildman–Crippen MR) is 79.8 cm³/mol. The summed E-state index contributed by atoms with van der Waals surface area (Å²) in [5.74, 6) is -0.604. The van der Waals surface area contributed by atoms with E-state index in [4.69, 9.17) is 0 Å². The fourth-order valence-corrected chi connectivity index (χ4v) is 2.77. The van der Waals surface area contributed by atoms with Crippen molar-refractivity contribution in [1.29, 1.82) is 0 Å². The molecule has 6 heteroatoms. The van der Waals surface area contributed by atoms with Gasteiger partial charge in [0.15, 0.2) is 0 Å². The van der Waals surface area contributed by atoms with Gasteiger partial charge in [-0.2, -0.15) is 13.2 Å². The Hall–Kier alpha value is -1.56. The second-order valence-electron chi connectivity index (χ2n) is 5.99. The zero-order valence-electron chi connectivity index (χ0n) is 12.5. The lowest BCUT2D eigenvalue weighted by Crippen LogP contribution is -2.19. The van der Waals surface area contributed by atoms with Crippen molar-refractivity contribution in [3.8, 4) is 0 Å². The highest BCUT2D eigenvalue weighted by Gasteiger charge is 2.30. The molecule has 1 aromatic carbocycles. The van der Waals surface area contributed by atoms with E-state index in [9.17, 15) is 18.0 Å². The van der Waals surface area contributed by atoms with Crippen LogP contribution in [0.25, 0.3) is 0 Å². The van der Waals surface area contributed by atoms with Gasteiger partial charge in [0.05, 0.1) is 0 Å². The first-order chi connectivity index (χ1) is 10.3. The summed E-state index contributed by atoms with van der Waals surface area (Å²) in [6.45, 7) is 3.41. The van der Waals surface area contributed by atoms with E-state index >= 15 is 0 Å². The lowest BCUT2D eigenvalue weighted by Gasteiger charge is -2.14. The average molecular weight is 314 g/mol. The summed E-state index contributed by atoms with van der Waals surface area (Å²) in [4.78, 5) is 11.8. The van der Waals surface area contributed by atoms with Crippen LogP contribution in [0.1, 0.15) is 37.7 Å². The Bertz CT molecular complexity index is 493. The Labute approximate surface area is 128 Å². The first kappa shape index (κ1) is 16.8. The highest BCUT2D eigenvalue weighted by atomic mass is 19.4. The number of rotatable bonds is 5. The van der Waals surface area contributed by atoms with Crippen molar-refractivity contribution in [2.45, 2.75) is 38.3 Å². The van der Waals surface area contributed by atoms with E-state index in [-0.39, 0.29) is 12.3 Å². The molecule has 2 rings (SSSR count). The van der Waals surface area contributed by atoms with Gasteiger partial charge in [-0.25, -0.2) is 0 Å². The molecule has 22 heavy (non-hydrogen) atoms. The number of anilines is 1. The number of benzene rings is 1. The molecule has 1 aliphatic rings. The third-order valence-corrected chi connectivity index (χ3v) is 3.84. The highest BCUT2D eigenvalue weighted by molar-refractivity contribution is 5.90. The van der Waals surface area contributed by atoms with Crippen molar-refractivity contribution in [3.63, 3.8) is 0 Å². The third-order valence-electron chi connectivity index (χ3n) is 3.84. The number of halogens is 3. The summed E-state index contributed by atoms with van der Waals surface area (Å²) in [6, 6.07) is 7.54. The molecule has 2 N–H and O–H groups in total. The van der Waals surface area contributed by atoms with Crippen LogP contribution in [0, 0.1) is 5.92 Å². The van der Waals surface area contributed by atoms with Crippen molar-refractivity contribution >= 4 is 11.6 Å². The first-order valence-corrected chi connectivity index (χ1v) is 7.51. The quantitative estimate of drug-likeness (QED) is 0.870. The second-order valence-corrected chi connectivity index (χ2v) is 5.99. The normalized spacial score (nSPS) is 19.9. The molecular weight excluding hydrogens is 293 g/mol. The van der Waals surface area contributed by atoms with Crippen molar-refractivity contribution < 1.29 is 18.0 Å². The number of nitrogens with one attached hydrogen (secondary N) is 2. The molecule has 1 heterocycles. The van der Waals surface area contributed by atoms with Crippen LogP contribution in [0.3, 0.4) is 0 Å². The van der Waals surface area contributed by atoms with E-state index in [0.717, 1.165) is 19.5 Å². The lowest BCUT2D eigenvalue weighted by atomic mass is 9.98. The molecular formula is C16H21F3N2O. The number of amides is 1. The van der Waals surface area contributed by atoms with Crippen molar-refractivity contribution in [2.75, 3.05) is 18.4 Å². The minimum absolute atomic E-state index is 0.131. The molecule has 0 aliphatic carbocycles. The minimum atomic E-state index is -4.23. The molecule has 1 amide bonds. The van der Waals surface area contributed by atoms with Gasteiger partial charge in [0.2, 0.25) is 5.91 Å². The van der Waals surface area contributed by atoms with Crippen LogP contribution >= 0.6 is 0 Å². The number of hydrogen-bond donors (Lipinski definition) is 2. The largest absolute Gasteiger partial charge is 0.389 e. The Balaban J connectivity index is 1.83. The molecule has 0 bridgehead atoms. The van der Waals surface area contributed by atoms with Gasteiger partial charge in [0.1, 0.15) is 0 Å². The van der Waals surface area contributed by atoms with E-state index in [1.165, 1.54) is 12.5 Å². The number of carbonyl (C=O) groups is 1. The van der Waals surface area contributed by atoms with Gasteiger partial charge in [0, 0.05) is 25.1 Å². The molecule has 1 fully saturated rings. The summed E-state index contributed by atoms with van der Waals surface area (Å²) < 4.78 is 36.7. The molecule has 2 unspecified atom stereocenters. The molecule has 3 nitrogen and oxygen atoms in total. The Morgan fingerprint density at radius 1 is 1.36 bits per heavy atom. The van der Waals surface area contributed by atoms with Gasteiger partial charge >= 0.3 is 6.18 Å². The number of carbonyl (C=O) groups excluding carboxylic acids is 1. The van der Waals surface area contributed by atoms with Crippen LogP contribution in [-0.2, 0) is 4.79 Å². The van der Waals surface area contributed by atoms with E-state index in [0.29, 0.717) is 11.6 Å². The van der Waals surface area contributed by atoms with E-state index in [2.05, 4.69) is 10.6 Å². The summed E-state index contributed by atoms with van der Waals surface area (Å²) in [7, 11) is 0. The Morgan fingerprint density at radius 2 is 2.05 bits per heavy atom. The Morgan fingerprint density at radius 3 is 2.59 bits per heavy atom. The van der Waals surface area contributed by atoms with Gasteiger partial charge < -0.3 is 10.6 Å². The molecule has 2 atom stereocenters. The van der Waals surface area contributed by atoms with E-state index < -0.39 is 18.5 Å². The van der Waals surface area contributed by atoms with Crippen LogP contribution in [0.5, 0.6) is 0 Å². The van der Waals surface area contributed by atoms with Crippen LogP contribution in [0.15, 0.2) is 24.3 Å². The van der Waals surface area contributed by atoms with Gasteiger partial charge in [-0.1, -0.05) is 19.1 Å². The van der Waals surface area contributed by atoms with Crippen molar-refractivity contribution in [1.82, 2.24) is 5.32 Å². The van der Waals surface area contributed by atoms with Gasteiger partial charge in [0.25, 0.3) is 0 Å². The van der Waals surface area contributed by atoms with Crippen LogP contribution in [0.2, 0.25) is 0 Å². The molecule has 122 valence electrons. The third kappa shape index (κ3) is 5.33. The fourth-order valence-electron chi connectivity index (χ4n) is 2.77. The maximum Gasteiger partial charge on any atom is 0.389 e. The zero-order valence-corrected chi connectivity index (χ0v) is 12.5. The van der Waals surface area contributed by atoms with Gasteiger partial charge in [-0.05, 0) is 42.5 Å². The molecule has 1 aliphatic heterocycles. The molecule has 0 saturated carbocycles. The maximum absolute atomic E-state index is 12.2. The summed E-state index contributed by atoms with van der Waals surface area (Å²) in [5.41, 5.74) is 1.84. The summed E-state index contributed by atoms with van der Waals surface area (Å²) in [6.07, 6.45) is -4.20. The molecule has 0 aromatic heterocycles. The van der Waals surface area contributed by atoms with Crippen LogP contribution in [0.4, 0.5) is 18.9 Å². The topological polar surface area (TPSA) is 41.1 Å². The lowest BCUT2D eigenvalue weighted by molar-refractivity contribution is -0.144. The SMILES string of the molecule is CC(CC(=O)Nc1ccc(C2CCNC2)cc1)CC(F)(F)F. The Kier molecular flexibility index (Phi) is 5.45. The molecule has 1 aromatic rings. The highest BCUT2D eigenvalue weighted by Crippen LogP contribution is 2.27. The zero-order chi connectivity index (χ0) is 16.2. The molecule has 1 saturated heterocycles. The number of hydrogen-bond acceptors (Lipinski definition) is 2.